The van der Waals surface area contributed by atoms with Crippen molar-refractivity contribution in [3.8, 4) is 0 Å². The number of hydrogen-bond donors (Lipinski definition) is 0. The Kier molecular flexibility index (Phi) is 8.18. The van der Waals surface area contributed by atoms with Gasteiger partial charge >= 0.3 is 18.3 Å². The summed E-state index contributed by atoms with van der Waals surface area (Å²) in [7, 11) is 0.976. The van der Waals surface area contributed by atoms with Crippen molar-refractivity contribution < 1.29 is 46.5 Å². The molecule has 0 aromatic heterocycles. The normalized spacial score (nSPS) is 22.2. The van der Waals surface area contributed by atoms with E-state index in [0.717, 1.165) is 7.11 Å². The maximum absolute atomic E-state index is 13.2. The van der Waals surface area contributed by atoms with E-state index in [4.69, 9.17) is 14.2 Å². The SMILES string of the molecule is C=CCOC(C)C1/C(=N\OC(=O)OC)OC(C(F)(F)F)=NC1C(=O)OC(C)(C)C. The molecule has 0 bridgehead atoms. The van der Waals surface area contributed by atoms with Gasteiger partial charge in [-0.15, -0.1) is 6.58 Å². The Balaban J connectivity index is 3.44. The van der Waals surface area contributed by atoms with Gasteiger partial charge in [0, 0.05) is 0 Å². The lowest BCUT2D eigenvalue weighted by atomic mass is 9.93. The van der Waals surface area contributed by atoms with Crippen LogP contribution < -0.4 is 0 Å². The fraction of sp³-hybridized carbons (Fsp3) is 0.647. The summed E-state index contributed by atoms with van der Waals surface area (Å²) in [5, 5.41) is 3.28. The third-order valence-corrected chi connectivity index (χ3v) is 3.33. The van der Waals surface area contributed by atoms with E-state index in [1.165, 1.54) is 13.0 Å². The molecule has 29 heavy (non-hydrogen) atoms. The van der Waals surface area contributed by atoms with Crippen molar-refractivity contribution >= 4 is 23.9 Å². The lowest BCUT2D eigenvalue weighted by Crippen LogP contribution is -2.50. The number of carbonyl (C=O) groups excluding carboxylic acids is 2. The molecule has 0 N–H and O–H groups in total. The second-order valence-corrected chi connectivity index (χ2v) is 6.84. The standard InChI is InChI=1S/C17H23F3N2O7/c1-7-8-26-9(2)10-11(13(23)28-16(3,4)5)21-14(17(18,19)20)27-12(10)22-29-15(24)25-6/h7,9-11H,1,8H2,2-6H3/b22-12+. The van der Waals surface area contributed by atoms with Gasteiger partial charge in [-0.2, -0.15) is 13.2 Å². The smallest absolute Gasteiger partial charge is 0.458 e. The maximum atomic E-state index is 13.2. The molecular weight excluding hydrogens is 401 g/mol. The van der Waals surface area contributed by atoms with Crippen LogP contribution in [0.5, 0.6) is 0 Å². The van der Waals surface area contributed by atoms with Gasteiger partial charge in [-0.1, -0.05) is 6.08 Å². The van der Waals surface area contributed by atoms with E-state index in [1.807, 2.05) is 0 Å². The van der Waals surface area contributed by atoms with Gasteiger partial charge in [0.15, 0.2) is 6.04 Å². The Morgan fingerprint density at radius 2 is 1.97 bits per heavy atom. The average molecular weight is 424 g/mol. The maximum Gasteiger partial charge on any atom is 0.534 e. The van der Waals surface area contributed by atoms with Crippen LogP contribution in [0.1, 0.15) is 27.7 Å². The number of carbonyl (C=O) groups is 2. The highest BCUT2D eigenvalue weighted by molar-refractivity contribution is 6.01. The number of esters is 1. The molecule has 1 aliphatic rings. The molecule has 1 rings (SSSR count). The molecule has 0 aromatic carbocycles. The summed E-state index contributed by atoms with van der Waals surface area (Å²) in [5.41, 5.74) is -1.00. The average Bonchev–Trinajstić information content (AvgIpc) is 2.60. The second kappa shape index (κ2) is 9.72. The lowest BCUT2D eigenvalue weighted by molar-refractivity contribution is -0.159. The summed E-state index contributed by atoms with van der Waals surface area (Å²) in [4.78, 5) is 31.5. The van der Waals surface area contributed by atoms with Crippen LogP contribution in [0.2, 0.25) is 0 Å². The van der Waals surface area contributed by atoms with Crippen molar-refractivity contribution in [2.45, 2.75) is 51.6 Å². The number of methoxy groups -OCH3 is 1. The number of nitrogens with zero attached hydrogens (tertiary/aromatic N) is 2. The summed E-state index contributed by atoms with van der Waals surface area (Å²) in [6.45, 7) is 9.57. The molecule has 12 heteroatoms. The molecule has 0 aliphatic carbocycles. The molecular formula is C17H23F3N2O7. The zero-order valence-electron chi connectivity index (χ0n) is 16.6. The minimum atomic E-state index is -5.04. The Hall–Kier alpha value is -2.63. The quantitative estimate of drug-likeness (QED) is 0.279. The molecule has 0 amide bonds. The number of ether oxygens (including phenoxy) is 4. The molecule has 0 fully saturated rings. The molecule has 3 unspecified atom stereocenters. The topological polar surface area (TPSA) is 105 Å². The number of hydrogen-bond acceptors (Lipinski definition) is 9. The van der Waals surface area contributed by atoms with Crippen LogP contribution >= 0.6 is 0 Å². The Morgan fingerprint density at radius 1 is 1.34 bits per heavy atom. The number of halogens is 3. The number of aliphatic imine (C=N–C) groups is 1. The van der Waals surface area contributed by atoms with Gasteiger partial charge in [-0.25, -0.2) is 14.6 Å². The van der Waals surface area contributed by atoms with Crippen LogP contribution in [-0.2, 0) is 28.6 Å². The summed E-state index contributed by atoms with van der Waals surface area (Å²) in [6.07, 6.45) is -5.88. The monoisotopic (exact) mass is 424 g/mol. The first-order chi connectivity index (χ1) is 13.3. The first-order valence-corrected chi connectivity index (χ1v) is 8.41. The minimum absolute atomic E-state index is 0.0136. The van der Waals surface area contributed by atoms with Crippen molar-refractivity contribution in [3.63, 3.8) is 0 Å². The third-order valence-electron chi connectivity index (χ3n) is 3.33. The van der Waals surface area contributed by atoms with Gasteiger partial charge < -0.3 is 18.9 Å². The van der Waals surface area contributed by atoms with Crippen molar-refractivity contribution in [2.75, 3.05) is 13.7 Å². The highest BCUT2D eigenvalue weighted by Crippen LogP contribution is 2.31. The molecule has 0 radical (unpaired) electrons. The summed E-state index contributed by atoms with van der Waals surface area (Å²) < 4.78 is 59.3. The summed E-state index contributed by atoms with van der Waals surface area (Å²) >= 11 is 0. The minimum Gasteiger partial charge on any atom is -0.458 e. The molecule has 0 aromatic rings. The van der Waals surface area contributed by atoms with Gasteiger partial charge in [0.1, 0.15) is 5.60 Å². The van der Waals surface area contributed by atoms with Gasteiger partial charge in [0.25, 0.3) is 5.90 Å². The van der Waals surface area contributed by atoms with E-state index in [1.54, 1.807) is 20.8 Å². The summed E-state index contributed by atoms with van der Waals surface area (Å²) in [5.74, 6) is -4.84. The Morgan fingerprint density at radius 3 is 2.45 bits per heavy atom. The Labute approximate surface area is 165 Å². The molecule has 0 spiro atoms. The van der Waals surface area contributed by atoms with Crippen LogP contribution in [0.15, 0.2) is 22.8 Å². The highest BCUT2D eigenvalue weighted by atomic mass is 19.4. The molecule has 1 heterocycles. The molecule has 3 atom stereocenters. The molecule has 0 saturated heterocycles. The van der Waals surface area contributed by atoms with E-state index in [0.29, 0.717) is 0 Å². The Bertz CT molecular complexity index is 683. The van der Waals surface area contributed by atoms with E-state index in [-0.39, 0.29) is 6.61 Å². The largest absolute Gasteiger partial charge is 0.534 e. The van der Waals surface area contributed by atoms with Gasteiger partial charge in [0.2, 0.25) is 5.90 Å². The fourth-order valence-electron chi connectivity index (χ4n) is 2.21. The van der Waals surface area contributed by atoms with Crippen LogP contribution in [0.4, 0.5) is 18.0 Å². The fourth-order valence-corrected chi connectivity index (χ4v) is 2.21. The van der Waals surface area contributed by atoms with Crippen LogP contribution in [0.25, 0.3) is 0 Å². The highest BCUT2D eigenvalue weighted by Gasteiger charge is 2.50. The van der Waals surface area contributed by atoms with E-state index in [2.05, 4.69) is 26.3 Å². The predicted molar refractivity (Wildman–Crippen MR) is 94.2 cm³/mol. The van der Waals surface area contributed by atoms with E-state index < -0.39 is 53.8 Å². The molecule has 0 saturated carbocycles. The van der Waals surface area contributed by atoms with Crippen LogP contribution in [0.3, 0.4) is 0 Å². The molecule has 164 valence electrons. The van der Waals surface area contributed by atoms with Crippen LogP contribution in [0, 0.1) is 5.92 Å². The number of rotatable bonds is 6. The lowest BCUT2D eigenvalue weighted by Gasteiger charge is -2.33. The molecule has 9 nitrogen and oxygen atoms in total. The van der Waals surface area contributed by atoms with Crippen LogP contribution in [-0.4, -0.2) is 61.6 Å². The zero-order valence-corrected chi connectivity index (χ0v) is 16.6. The van der Waals surface area contributed by atoms with Crippen molar-refractivity contribution in [3.05, 3.63) is 12.7 Å². The van der Waals surface area contributed by atoms with E-state index in [9.17, 15) is 22.8 Å². The zero-order chi connectivity index (χ0) is 22.4. The molecule has 1 aliphatic heterocycles. The van der Waals surface area contributed by atoms with Crippen molar-refractivity contribution in [2.24, 2.45) is 16.1 Å². The first-order valence-electron chi connectivity index (χ1n) is 8.41. The number of oxime groups is 1. The van der Waals surface area contributed by atoms with Crippen molar-refractivity contribution in [1.29, 1.82) is 0 Å². The predicted octanol–water partition coefficient (Wildman–Crippen LogP) is 2.99. The van der Waals surface area contributed by atoms with Crippen molar-refractivity contribution in [1.82, 2.24) is 0 Å². The van der Waals surface area contributed by atoms with E-state index >= 15 is 0 Å². The van der Waals surface area contributed by atoms with Gasteiger partial charge in [-0.05, 0) is 32.9 Å². The third kappa shape index (κ3) is 7.37. The van der Waals surface area contributed by atoms with Gasteiger partial charge in [-0.3, -0.25) is 4.84 Å². The first kappa shape index (κ1) is 24.4. The van der Waals surface area contributed by atoms with Gasteiger partial charge in [0.05, 0.1) is 25.7 Å². The second-order valence-electron chi connectivity index (χ2n) is 6.84. The number of alkyl halides is 3. The summed E-state index contributed by atoms with van der Waals surface area (Å²) in [6, 6.07) is -1.72.